The molecule has 0 radical (unpaired) electrons. The van der Waals surface area contributed by atoms with Crippen molar-refractivity contribution in [1.29, 1.82) is 0 Å². The van der Waals surface area contributed by atoms with Gasteiger partial charge < -0.3 is 10.4 Å². The van der Waals surface area contributed by atoms with E-state index in [1.807, 2.05) is 0 Å². The first-order chi connectivity index (χ1) is 9.39. The summed E-state index contributed by atoms with van der Waals surface area (Å²) in [5.74, 6) is -0.132. The Hall–Kier alpha value is -1.44. The Morgan fingerprint density at radius 1 is 1.40 bits per heavy atom. The van der Waals surface area contributed by atoms with Gasteiger partial charge >= 0.3 is 0 Å². The molecule has 1 fully saturated rings. The van der Waals surface area contributed by atoms with Crippen LogP contribution in [-0.4, -0.2) is 42.9 Å². The van der Waals surface area contributed by atoms with Crippen molar-refractivity contribution in [2.24, 2.45) is 0 Å². The van der Waals surface area contributed by atoms with Gasteiger partial charge in [-0.2, -0.15) is 4.31 Å². The maximum atomic E-state index is 12.3. The summed E-state index contributed by atoms with van der Waals surface area (Å²) in [4.78, 5) is 11.0. The molecule has 0 saturated carbocycles. The van der Waals surface area contributed by atoms with Crippen LogP contribution < -0.4 is 5.32 Å². The summed E-state index contributed by atoms with van der Waals surface area (Å²) in [5, 5.41) is 12.1. The number of aliphatic hydroxyl groups is 1. The maximum Gasteiger partial charge on any atom is 0.243 e. The summed E-state index contributed by atoms with van der Waals surface area (Å²) in [6.45, 7) is 2.29. The van der Waals surface area contributed by atoms with Crippen LogP contribution in [0.25, 0.3) is 0 Å². The fraction of sp³-hybridized carbons (Fsp3) is 0.462. The van der Waals surface area contributed by atoms with Crippen LogP contribution in [0, 0.1) is 0 Å². The zero-order valence-electron chi connectivity index (χ0n) is 11.2. The second kappa shape index (κ2) is 5.90. The molecule has 0 bridgehead atoms. The number of carbonyl (C=O) groups excluding carboxylic acids is 1. The van der Waals surface area contributed by atoms with Crippen LogP contribution in [0.15, 0.2) is 29.2 Å². The second-order valence-corrected chi connectivity index (χ2v) is 6.80. The molecular formula is C13H18N2O4S. The molecule has 1 atom stereocenters. The standard InChI is InChI=1S/C13H18N2O4S/c1-10(16)14-8-11-2-4-13(5-3-11)20(18,19)15-7-6-12(17)9-15/h2-5,12,17H,6-9H2,1H3,(H,14,16). The van der Waals surface area contributed by atoms with E-state index < -0.39 is 16.1 Å². The van der Waals surface area contributed by atoms with Gasteiger partial charge in [0.15, 0.2) is 0 Å². The molecule has 1 aliphatic heterocycles. The van der Waals surface area contributed by atoms with Crippen LogP contribution in [0.3, 0.4) is 0 Å². The minimum Gasteiger partial charge on any atom is -0.392 e. The zero-order valence-corrected chi connectivity index (χ0v) is 12.1. The number of carbonyl (C=O) groups is 1. The highest BCUT2D eigenvalue weighted by Crippen LogP contribution is 2.21. The quantitative estimate of drug-likeness (QED) is 0.824. The normalized spacial score (nSPS) is 20.0. The number of rotatable bonds is 4. The lowest BCUT2D eigenvalue weighted by atomic mass is 10.2. The number of amides is 1. The molecule has 1 amide bonds. The number of hydrogen-bond acceptors (Lipinski definition) is 4. The molecule has 1 saturated heterocycles. The molecule has 7 heteroatoms. The zero-order chi connectivity index (χ0) is 14.8. The molecule has 1 aromatic carbocycles. The summed E-state index contributed by atoms with van der Waals surface area (Å²) in [5.41, 5.74) is 0.834. The van der Waals surface area contributed by atoms with Gasteiger partial charge in [0, 0.05) is 26.6 Å². The summed E-state index contributed by atoms with van der Waals surface area (Å²) in [6, 6.07) is 6.40. The van der Waals surface area contributed by atoms with E-state index in [1.54, 1.807) is 12.1 Å². The molecule has 6 nitrogen and oxygen atoms in total. The molecule has 20 heavy (non-hydrogen) atoms. The van der Waals surface area contributed by atoms with Gasteiger partial charge in [-0.15, -0.1) is 0 Å². The third kappa shape index (κ3) is 3.36. The Labute approximate surface area is 118 Å². The van der Waals surface area contributed by atoms with E-state index in [0.717, 1.165) is 5.56 Å². The molecule has 2 N–H and O–H groups in total. The van der Waals surface area contributed by atoms with Gasteiger partial charge in [-0.1, -0.05) is 12.1 Å². The predicted octanol–water partition coefficient (Wildman–Crippen LogP) is 0.0780. The van der Waals surface area contributed by atoms with E-state index in [2.05, 4.69) is 5.32 Å². The van der Waals surface area contributed by atoms with Gasteiger partial charge in [-0.05, 0) is 24.1 Å². The van der Waals surface area contributed by atoms with Crippen LogP contribution in [-0.2, 0) is 21.4 Å². The highest BCUT2D eigenvalue weighted by molar-refractivity contribution is 7.89. The smallest absolute Gasteiger partial charge is 0.243 e. The van der Waals surface area contributed by atoms with Gasteiger partial charge in [0.25, 0.3) is 0 Å². The molecule has 1 aromatic rings. The lowest BCUT2D eigenvalue weighted by molar-refractivity contribution is -0.119. The van der Waals surface area contributed by atoms with Crippen molar-refractivity contribution in [3.63, 3.8) is 0 Å². The minimum absolute atomic E-state index is 0.132. The van der Waals surface area contributed by atoms with Crippen molar-refractivity contribution in [2.75, 3.05) is 13.1 Å². The second-order valence-electron chi connectivity index (χ2n) is 4.86. The Morgan fingerprint density at radius 2 is 2.05 bits per heavy atom. The van der Waals surface area contributed by atoms with Gasteiger partial charge in [-0.25, -0.2) is 8.42 Å². The van der Waals surface area contributed by atoms with E-state index >= 15 is 0 Å². The number of nitrogens with one attached hydrogen (secondary N) is 1. The van der Waals surface area contributed by atoms with Crippen molar-refractivity contribution >= 4 is 15.9 Å². The summed E-state index contributed by atoms with van der Waals surface area (Å²) in [7, 11) is -3.53. The van der Waals surface area contributed by atoms with E-state index in [1.165, 1.54) is 23.4 Å². The van der Waals surface area contributed by atoms with Crippen molar-refractivity contribution in [3.8, 4) is 0 Å². The number of sulfonamides is 1. The first-order valence-corrected chi connectivity index (χ1v) is 7.85. The Balaban J connectivity index is 2.11. The number of benzene rings is 1. The summed E-state index contributed by atoms with van der Waals surface area (Å²) in [6.07, 6.45) is -0.108. The maximum absolute atomic E-state index is 12.3. The monoisotopic (exact) mass is 298 g/mol. The van der Waals surface area contributed by atoms with Crippen molar-refractivity contribution in [2.45, 2.75) is 30.9 Å². The van der Waals surface area contributed by atoms with E-state index in [4.69, 9.17) is 0 Å². The van der Waals surface area contributed by atoms with Crippen LogP contribution >= 0.6 is 0 Å². The lowest BCUT2D eigenvalue weighted by Gasteiger charge is -2.16. The Bertz CT molecular complexity index is 583. The topological polar surface area (TPSA) is 86.7 Å². The minimum atomic E-state index is -3.53. The highest BCUT2D eigenvalue weighted by Gasteiger charge is 2.31. The van der Waals surface area contributed by atoms with Crippen LogP contribution in [0.2, 0.25) is 0 Å². The van der Waals surface area contributed by atoms with Crippen LogP contribution in [0.1, 0.15) is 18.9 Å². The number of β-amino-alcohol motifs (C(OH)–C–C–N with tert-alkyl or cyclic N) is 1. The molecule has 1 aliphatic rings. The number of nitrogens with zero attached hydrogens (tertiary/aromatic N) is 1. The molecule has 110 valence electrons. The number of hydrogen-bond donors (Lipinski definition) is 2. The largest absolute Gasteiger partial charge is 0.392 e. The molecule has 1 unspecified atom stereocenters. The van der Waals surface area contributed by atoms with Gasteiger partial charge in [0.05, 0.1) is 11.0 Å². The molecule has 0 aromatic heterocycles. The first-order valence-electron chi connectivity index (χ1n) is 6.41. The molecular weight excluding hydrogens is 280 g/mol. The molecule has 2 rings (SSSR count). The van der Waals surface area contributed by atoms with Gasteiger partial charge in [0.2, 0.25) is 15.9 Å². The van der Waals surface area contributed by atoms with Crippen molar-refractivity contribution in [1.82, 2.24) is 9.62 Å². The van der Waals surface area contributed by atoms with Crippen molar-refractivity contribution < 1.29 is 18.3 Å². The average Bonchev–Trinajstić information content (AvgIpc) is 2.84. The van der Waals surface area contributed by atoms with E-state index in [9.17, 15) is 18.3 Å². The number of aliphatic hydroxyl groups excluding tert-OH is 1. The van der Waals surface area contributed by atoms with Crippen LogP contribution in [0.5, 0.6) is 0 Å². The third-order valence-corrected chi connectivity index (χ3v) is 5.11. The predicted molar refractivity (Wildman–Crippen MR) is 73.3 cm³/mol. The fourth-order valence-electron chi connectivity index (χ4n) is 2.08. The van der Waals surface area contributed by atoms with Gasteiger partial charge in [-0.3, -0.25) is 4.79 Å². The SMILES string of the molecule is CC(=O)NCc1ccc(S(=O)(=O)N2CCC(O)C2)cc1. The van der Waals surface area contributed by atoms with E-state index in [-0.39, 0.29) is 17.3 Å². The van der Waals surface area contributed by atoms with E-state index in [0.29, 0.717) is 19.5 Å². The van der Waals surface area contributed by atoms with Crippen LogP contribution in [0.4, 0.5) is 0 Å². The third-order valence-electron chi connectivity index (χ3n) is 3.23. The molecule has 1 heterocycles. The summed E-state index contributed by atoms with van der Waals surface area (Å²) >= 11 is 0. The van der Waals surface area contributed by atoms with Gasteiger partial charge in [0.1, 0.15) is 0 Å². The Kier molecular flexibility index (Phi) is 4.42. The van der Waals surface area contributed by atoms with Crippen molar-refractivity contribution in [3.05, 3.63) is 29.8 Å². The fourth-order valence-corrected chi connectivity index (χ4v) is 3.58. The molecule has 0 spiro atoms. The molecule has 0 aliphatic carbocycles. The average molecular weight is 298 g/mol. The first kappa shape index (κ1) is 15.0. The lowest BCUT2D eigenvalue weighted by Crippen LogP contribution is -2.29. The Morgan fingerprint density at radius 3 is 2.55 bits per heavy atom. The summed E-state index contributed by atoms with van der Waals surface area (Å²) < 4.78 is 25.9. The highest BCUT2D eigenvalue weighted by atomic mass is 32.2.